The minimum absolute atomic E-state index is 0.0708. The number of hydrogen-bond acceptors (Lipinski definition) is 4. The number of urea groups is 1. The lowest BCUT2D eigenvalue weighted by atomic mass is 10.0. The van der Waals surface area contributed by atoms with Crippen LogP contribution < -0.4 is 5.32 Å². The van der Waals surface area contributed by atoms with E-state index in [1.807, 2.05) is 22.8 Å². The lowest BCUT2D eigenvalue weighted by molar-refractivity contribution is -0.0177. The van der Waals surface area contributed by atoms with Crippen LogP contribution in [0.1, 0.15) is 25.8 Å². The first-order valence-electron chi connectivity index (χ1n) is 9.36. The average Bonchev–Trinajstić information content (AvgIpc) is 3.22. The Kier molecular flexibility index (Phi) is 5.96. The van der Waals surface area contributed by atoms with Gasteiger partial charge >= 0.3 is 6.03 Å². The average molecular weight is 349 g/mol. The quantitative estimate of drug-likeness (QED) is 0.865. The summed E-state index contributed by atoms with van der Waals surface area (Å²) in [5, 5.41) is 7.34. The fraction of sp³-hybridized carbons (Fsp3) is 0.778. The predicted octanol–water partition coefficient (Wildman–Crippen LogP) is 1.10. The summed E-state index contributed by atoms with van der Waals surface area (Å²) >= 11 is 0. The zero-order chi connectivity index (χ0) is 17.8. The Bertz CT molecular complexity index is 576. The van der Waals surface area contributed by atoms with E-state index < -0.39 is 0 Å². The van der Waals surface area contributed by atoms with Crippen molar-refractivity contribution in [3.8, 4) is 0 Å². The van der Waals surface area contributed by atoms with Crippen molar-refractivity contribution in [3.05, 3.63) is 18.0 Å². The van der Waals surface area contributed by atoms with Crippen LogP contribution in [0.25, 0.3) is 0 Å². The first kappa shape index (κ1) is 18.2. The minimum Gasteiger partial charge on any atom is -0.379 e. The third kappa shape index (κ3) is 4.73. The number of rotatable bonds is 5. The summed E-state index contributed by atoms with van der Waals surface area (Å²) in [6.45, 7) is 9.23. The van der Waals surface area contributed by atoms with E-state index in [1.165, 1.54) is 5.56 Å². The van der Waals surface area contributed by atoms with E-state index >= 15 is 0 Å². The highest BCUT2D eigenvalue weighted by molar-refractivity contribution is 5.74. The molecular weight excluding hydrogens is 318 g/mol. The minimum atomic E-state index is 0.0708. The van der Waals surface area contributed by atoms with E-state index in [1.54, 1.807) is 0 Å². The summed E-state index contributed by atoms with van der Waals surface area (Å²) < 4.78 is 7.32. The molecule has 7 nitrogen and oxygen atoms in total. The van der Waals surface area contributed by atoms with Gasteiger partial charge in [-0.25, -0.2) is 4.79 Å². The molecule has 2 saturated heterocycles. The second-order valence-corrected chi connectivity index (χ2v) is 7.52. The Morgan fingerprint density at radius 1 is 1.48 bits per heavy atom. The van der Waals surface area contributed by atoms with E-state index in [0.29, 0.717) is 24.5 Å². The summed E-state index contributed by atoms with van der Waals surface area (Å²) in [5.74, 6) is 0.534. The Morgan fingerprint density at radius 2 is 2.32 bits per heavy atom. The highest BCUT2D eigenvalue weighted by Crippen LogP contribution is 2.20. The smallest absolute Gasteiger partial charge is 0.317 e. The summed E-state index contributed by atoms with van der Waals surface area (Å²) in [4.78, 5) is 16.8. The van der Waals surface area contributed by atoms with E-state index in [0.717, 1.165) is 45.7 Å². The maximum absolute atomic E-state index is 12.5. The predicted molar refractivity (Wildman–Crippen MR) is 96.4 cm³/mol. The number of amides is 2. The first-order chi connectivity index (χ1) is 12.0. The number of nitrogens with zero attached hydrogens (tertiary/aromatic N) is 4. The molecule has 0 unspecified atom stereocenters. The number of nitrogens with one attached hydrogen (secondary N) is 1. The van der Waals surface area contributed by atoms with Crippen molar-refractivity contribution < 1.29 is 9.53 Å². The van der Waals surface area contributed by atoms with Crippen LogP contribution in [0.15, 0.2) is 12.4 Å². The highest BCUT2D eigenvalue weighted by atomic mass is 16.5. The molecule has 3 heterocycles. The summed E-state index contributed by atoms with van der Waals surface area (Å²) in [6, 6.07) is 0.814. The van der Waals surface area contributed by atoms with Crippen LogP contribution in [0.3, 0.4) is 0 Å². The SMILES string of the molecule is C[C@H](CNC(=O)N1CC[C@@H](Cc2cnn(C)c2)C1)N1CCOC[C@H]1C. The topological polar surface area (TPSA) is 62.6 Å². The molecule has 7 heteroatoms. The number of aromatic nitrogens is 2. The molecule has 0 spiro atoms. The van der Waals surface area contributed by atoms with Gasteiger partial charge in [0.15, 0.2) is 0 Å². The number of hydrogen-bond donors (Lipinski definition) is 1. The van der Waals surface area contributed by atoms with Crippen LogP contribution in [-0.4, -0.2) is 77.1 Å². The van der Waals surface area contributed by atoms with Crippen LogP contribution in [0.4, 0.5) is 4.79 Å². The number of carbonyl (C=O) groups excluding carboxylic acids is 1. The third-order valence-corrected chi connectivity index (χ3v) is 5.39. The molecule has 1 N–H and O–H groups in total. The molecule has 0 bridgehead atoms. The van der Waals surface area contributed by atoms with Gasteiger partial charge in [0.2, 0.25) is 0 Å². The van der Waals surface area contributed by atoms with Gasteiger partial charge in [-0.2, -0.15) is 5.10 Å². The van der Waals surface area contributed by atoms with Crippen molar-refractivity contribution in [3.63, 3.8) is 0 Å². The largest absolute Gasteiger partial charge is 0.379 e. The number of aryl methyl sites for hydroxylation is 1. The number of morpholine rings is 1. The fourth-order valence-corrected chi connectivity index (χ4v) is 3.95. The monoisotopic (exact) mass is 349 g/mol. The standard InChI is InChI=1S/C18H31N5O2/c1-14(23-6-7-25-13-15(23)2)9-19-18(24)22-5-4-16(12-22)8-17-10-20-21(3)11-17/h10-11,14-16H,4-9,12-13H2,1-3H3,(H,19,24)/t14-,15-,16+/m1/s1. The molecule has 0 radical (unpaired) electrons. The molecule has 1 aromatic heterocycles. The first-order valence-corrected chi connectivity index (χ1v) is 9.36. The third-order valence-electron chi connectivity index (χ3n) is 5.39. The van der Waals surface area contributed by atoms with Crippen molar-refractivity contribution in [2.45, 2.75) is 38.8 Å². The van der Waals surface area contributed by atoms with E-state index in [2.05, 4.69) is 35.4 Å². The van der Waals surface area contributed by atoms with Gasteiger partial charge in [-0.1, -0.05) is 0 Å². The zero-order valence-electron chi connectivity index (χ0n) is 15.6. The molecule has 2 aliphatic rings. The number of ether oxygens (including phenoxy) is 1. The summed E-state index contributed by atoms with van der Waals surface area (Å²) in [6.07, 6.45) is 6.06. The molecule has 0 aromatic carbocycles. The van der Waals surface area contributed by atoms with Gasteiger partial charge in [0, 0.05) is 51.5 Å². The number of likely N-dealkylation sites (tertiary alicyclic amines) is 1. The van der Waals surface area contributed by atoms with E-state index in [-0.39, 0.29) is 6.03 Å². The molecular formula is C18H31N5O2. The lowest BCUT2D eigenvalue weighted by Gasteiger charge is -2.38. The Labute approximate surface area is 150 Å². The fourth-order valence-electron chi connectivity index (χ4n) is 3.95. The van der Waals surface area contributed by atoms with Crippen molar-refractivity contribution in [2.24, 2.45) is 13.0 Å². The van der Waals surface area contributed by atoms with Crippen molar-refractivity contribution in [1.29, 1.82) is 0 Å². The van der Waals surface area contributed by atoms with E-state index in [9.17, 15) is 4.79 Å². The van der Waals surface area contributed by atoms with Crippen molar-refractivity contribution >= 4 is 6.03 Å². The van der Waals surface area contributed by atoms with Crippen LogP contribution in [0, 0.1) is 5.92 Å². The van der Waals surface area contributed by atoms with Gasteiger partial charge in [-0.05, 0) is 38.2 Å². The molecule has 25 heavy (non-hydrogen) atoms. The lowest BCUT2D eigenvalue weighted by Crippen LogP contribution is -2.53. The zero-order valence-corrected chi connectivity index (χ0v) is 15.6. The Balaban J connectivity index is 1.41. The maximum Gasteiger partial charge on any atom is 0.317 e. The molecule has 2 fully saturated rings. The van der Waals surface area contributed by atoms with Crippen LogP contribution in [0.2, 0.25) is 0 Å². The second-order valence-electron chi connectivity index (χ2n) is 7.52. The number of carbonyl (C=O) groups is 1. The molecule has 2 amide bonds. The van der Waals surface area contributed by atoms with Crippen LogP contribution in [0.5, 0.6) is 0 Å². The van der Waals surface area contributed by atoms with Gasteiger partial charge in [0.05, 0.1) is 19.4 Å². The molecule has 140 valence electrons. The molecule has 3 rings (SSSR count). The molecule has 0 aliphatic carbocycles. The molecule has 2 aliphatic heterocycles. The van der Waals surface area contributed by atoms with Gasteiger partial charge in [0.25, 0.3) is 0 Å². The van der Waals surface area contributed by atoms with Gasteiger partial charge in [0.1, 0.15) is 0 Å². The highest BCUT2D eigenvalue weighted by Gasteiger charge is 2.28. The van der Waals surface area contributed by atoms with Crippen molar-refractivity contribution in [2.75, 3.05) is 39.4 Å². The second kappa shape index (κ2) is 8.19. The van der Waals surface area contributed by atoms with Crippen molar-refractivity contribution in [1.82, 2.24) is 24.9 Å². The Hall–Kier alpha value is -1.60. The van der Waals surface area contributed by atoms with Crippen LogP contribution in [-0.2, 0) is 18.2 Å². The van der Waals surface area contributed by atoms with E-state index in [4.69, 9.17) is 4.74 Å². The molecule has 3 atom stereocenters. The van der Waals surface area contributed by atoms with Gasteiger partial charge < -0.3 is 15.0 Å². The molecule has 0 saturated carbocycles. The van der Waals surface area contributed by atoms with Gasteiger partial charge in [-0.3, -0.25) is 9.58 Å². The van der Waals surface area contributed by atoms with Gasteiger partial charge in [-0.15, -0.1) is 0 Å². The summed E-state index contributed by atoms with van der Waals surface area (Å²) in [5.41, 5.74) is 1.25. The summed E-state index contributed by atoms with van der Waals surface area (Å²) in [7, 11) is 1.94. The maximum atomic E-state index is 12.5. The Morgan fingerprint density at radius 3 is 3.04 bits per heavy atom. The van der Waals surface area contributed by atoms with Crippen LogP contribution >= 0.6 is 0 Å². The normalized spacial score (nSPS) is 26.0. The molecule has 1 aromatic rings.